The molecule has 1 saturated heterocycles. The lowest BCUT2D eigenvalue weighted by Gasteiger charge is -2.18. The molecule has 1 aromatic rings. The highest BCUT2D eigenvalue weighted by Gasteiger charge is 2.33. The van der Waals surface area contributed by atoms with Crippen molar-refractivity contribution in [3.8, 4) is 0 Å². The van der Waals surface area contributed by atoms with Crippen molar-refractivity contribution in [1.29, 1.82) is 0 Å². The molecular weight excluding hydrogens is 252 g/mol. The SMILES string of the molecule is OC(c1cc(F)cc(C(F)(F)F)c1)C1CCOC1. The van der Waals surface area contributed by atoms with Crippen molar-refractivity contribution in [3.05, 3.63) is 35.1 Å². The minimum atomic E-state index is -4.62. The summed E-state index contributed by atoms with van der Waals surface area (Å²) in [5.74, 6) is -1.29. The number of aliphatic hydroxyl groups excluding tert-OH is 1. The molecule has 2 rings (SSSR count). The molecular formula is C12H12F4O2. The maximum Gasteiger partial charge on any atom is 0.416 e. The van der Waals surface area contributed by atoms with E-state index >= 15 is 0 Å². The monoisotopic (exact) mass is 264 g/mol. The molecule has 0 bridgehead atoms. The molecule has 1 N–H and O–H groups in total. The van der Waals surface area contributed by atoms with E-state index in [0.717, 1.165) is 12.1 Å². The van der Waals surface area contributed by atoms with Crippen LogP contribution in [0.1, 0.15) is 23.7 Å². The quantitative estimate of drug-likeness (QED) is 0.832. The number of hydrogen-bond donors (Lipinski definition) is 1. The van der Waals surface area contributed by atoms with Crippen molar-refractivity contribution in [2.24, 2.45) is 5.92 Å². The molecule has 0 radical (unpaired) electrons. The number of ether oxygens (including phenoxy) is 1. The lowest BCUT2D eigenvalue weighted by Crippen LogP contribution is -2.14. The van der Waals surface area contributed by atoms with E-state index < -0.39 is 23.7 Å². The predicted octanol–water partition coefficient (Wildman–Crippen LogP) is 2.91. The molecule has 0 aliphatic carbocycles. The van der Waals surface area contributed by atoms with Crippen molar-refractivity contribution in [2.45, 2.75) is 18.7 Å². The van der Waals surface area contributed by atoms with E-state index in [1.165, 1.54) is 0 Å². The first kappa shape index (κ1) is 13.3. The first-order chi connectivity index (χ1) is 8.38. The fourth-order valence-electron chi connectivity index (χ4n) is 2.02. The minimum Gasteiger partial charge on any atom is -0.388 e. The van der Waals surface area contributed by atoms with Gasteiger partial charge in [-0.25, -0.2) is 4.39 Å². The van der Waals surface area contributed by atoms with Crippen LogP contribution in [0, 0.1) is 11.7 Å². The van der Waals surface area contributed by atoms with Gasteiger partial charge in [0.05, 0.1) is 18.3 Å². The highest BCUT2D eigenvalue weighted by molar-refractivity contribution is 5.28. The second-order valence-corrected chi connectivity index (χ2v) is 4.34. The molecule has 2 nitrogen and oxygen atoms in total. The van der Waals surface area contributed by atoms with Gasteiger partial charge in [0.25, 0.3) is 0 Å². The Bertz CT molecular complexity index is 425. The molecule has 0 spiro atoms. The molecule has 0 saturated carbocycles. The van der Waals surface area contributed by atoms with E-state index in [9.17, 15) is 22.7 Å². The van der Waals surface area contributed by atoms with Crippen LogP contribution in [0.3, 0.4) is 0 Å². The van der Waals surface area contributed by atoms with Crippen LogP contribution in [-0.2, 0) is 10.9 Å². The van der Waals surface area contributed by atoms with Crippen LogP contribution in [0.25, 0.3) is 0 Å². The first-order valence-electron chi connectivity index (χ1n) is 5.51. The van der Waals surface area contributed by atoms with Gasteiger partial charge in [0, 0.05) is 12.5 Å². The molecule has 6 heteroatoms. The fourth-order valence-corrected chi connectivity index (χ4v) is 2.02. The zero-order chi connectivity index (χ0) is 13.3. The van der Waals surface area contributed by atoms with E-state index in [-0.39, 0.29) is 18.1 Å². The van der Waals surface area contributed by atoms with Crippen LogP contribution in [0.15, 0.2) is 18.2 Å². The molecule has 2 unspecified atom stereocenters. The van der Waals surface area contributed by atoms with Gasteiger partial charge in [0.2, 0.25) is 0 Å². The summed E-state index contributed by atoms with van der Waals surface area (Å²) < 4.78 is 55.8. The van der Waals surface area contributed by atoms with Crippen LogP contribution >= 0.6 is 0 Å². The highest BCUT2D eigenvalue weighted by atomic mass is 19.4. The van der Waals surface area contributed by atoms with E-state index in [1.807, 2.05) is 0 Å². The summed E-state index contributed by atoms with van der Waals surface area (Å²) in [4.78, 5) is 0. The molecule has 2 atom stereocenters. The summed E-state index contributed by atoms with van der Waals surface area (Å²) in [5, 5.41) is 9.92. The van der Waals surface area contributed by atoms with Gasteiger partial charge in [0.15, 0.2) is 0 Å². The predicted molar refractivity (Wildman–Crippen MR) is 55.3 cm³/mol. The van der Waals surface area contributed by atoms with E-state index in [4.69, 9.17) is 4.74 Å². The van der Waals surface area contributed by atoms with Crippen LogP contribution in [-0.4, -0.2) is 18.3 Å². The van der Waals surface area contributed by atoms with Crippen LogP contribution in [0.5, 0.6) is 0 Å². The maximum atomic E-state index is 13.2. The number of alkyl halides is 3. The Hall–Kier alpha value is -1.14. The first-order valence-corrected chi connectivity index (χ1v) is 5.51. The van der Waals surface area contributed by atoms with Gasteiger partial charge in [-0.05, 0) is 30.2 Å². The topological polar surface area (TPSA) is 29.5 Å². The van der Waals surface area contributed by atoms with Crippen LogP contribution < -0.4 is 0 Å². The number of hydrogen-bond acceptors (Lipinski definition) is 2. The fraction of sp³-hybridized carbons (Fsp3) is 0.500. The molecule has 1 heterocycles. The zero-order valence-corrected chi connectivity index (χ0v) is 9.38. The molecule has 100 valence electrons. The van der Waals surface area contributed by atoms with E-state index in [2.05, 4.69) is 0 Å². The van der Waals surface area contributed by atoms with Crippen LogP contribution in [0.4, 0.5) is 17.6 Å². The van der Waals surface area contributed by atoms with Crippen LogP contribution in [0.2, 0.25) is 0 Å². The molecule has 0 amide bonds. The number of aliphatic hydroxyl groups is 1. The Morgan fingerprint density at radius 2 is 2.00 bits per heavy atom. The number of rotatable bonds is 2. The minimum absolute atomic E-state index is 0.0576. The van der Waals surface area contributed by atoms with Crippen molar-refractivity contribution in [1.82, 2.24) is 0 Å². The summed E-state index contributed by atoms with van der Waals surface area (Å²) in [6.45, 7) is 0.738. The Morgan fingerprint density at radius 1 is 1.28 bits per heavy atom. The van der Waals surface area contributed by atoms with E-state index in [1.54, 1.807) is 0 Å². The smallest absolute Gasteiger partial charge is 0.388 e. The van der Waals surface area contributed by atoms with Gasteiger partial charge in [-0.2, -0.15) is 13.2 Å². The van der Waals surface area contributed by atoms with Crippen molar-refractivity contribution >= 4 is 0 Å². The average Bonchev–Trinajstić information content (AvgIpc) is 2.79. The average molecular weight is 264 g/mol. The Morgan fingerprint density at radius 3 is 2.56 bits per heavy atom. The van der Waals surface area contributed by atoms with E-state index in [0.29, 0.717) is 19.1 Å². The molecule has 1 aromatic carbocycles. The third-order valence-corrected chi connectivity index (χ3v) is 3.00. The summed E-state index contributed by atoms with van der Waals surface area (Å²) >= 11 is 0. The van der Waals surface area contributed by atoms with Crippen molar-refractivity contribution < 1.29 is 27.4 Å². The summed E-state index contributed by atoms with van der Waals surface area (Å²) in [6, 6.07) is 2.13. The van der Waals surface area contributed by atoms with Gasteiger partial charge in [-0.1, -0.05) is 0 Å². The molecule has 1 fully saturated rings. The normalized spacial score (nSPS) is 22.2. The highest BCUT2D eigenvalue weighted by Crippen LogP contribution is 2.34. The van der Waals surface area contributed by atoms with Gasteiger partial charge in [0.1, 0.15) is 5.82 Å². The molecule has 0 aromatic heterocycles. The standard InChI is InChI=1S/C12H12F4O2/c13-10-4-8(3-9(5-10)12(14,15)16)11(17)7-1-2-18-6-7/h3-5,7,11,17H,1-2,6H2. The molecule has 18 heavy (non-hydrogen) atoms. The van der Waals surface area contributed by atoms with Crippen molar-refractivity contribution in [3.63, 3.8) is 0 Å². The Labute approximate surface area is 101 Å². The lowest BCUT2D eigenvalue weighted by molar-refractivity contribution is -0.137. The third-order valence-electron chi connectivity index (χ3n) is 3.00. The summed E-state index contributed by atoms with van der Waals surface area (Å²) in [7, 11) is 0. The zero-order valence-electron chi connectivity index (χ0n) is 9.38. The van der Waals surface area contributed by atoms with Gasteiger partial charge < -0.3 is 9.84 Å². The Kier molecular flexibility index (Phi) is 3.59. The van der Waals surface area contributed by atoms with Gasteiger partial charge >= 0.3 is 6.18 Å². The summed E-state index contributed by atoms with van der Waals surface area (Å²) in [6.07, 6.45) is -5.20. The van der Waals surface area contributed by atoms with Gasteiger partial charge in [-0.15, -0.1) is 0 Å². The molecule has 1 aliphatic rings. The number of halogens is 4. The van der Waals surface area contributed by atoms with Crippen molar-refractivity contribution in [2.75, 3.05) is 13.2 Å². The lowest BCUT2D eigenvalue weighted by atomic mass is 9.94. The summed E-state index contributed by atoms with van der Waals surface area (Å²) in [5.41, 5.74) is -1.15. The second-order valence-electron chi connectivity index (χ2n) is 4.34. The van der Waals surface area contributed by atoms with Gasteiger partial charge in [-0.3, -0.25) is 0 Å². The maximum absolute atomic E-state index is 13.2. The number of benzene rings is 1. The Balaban J connectivity index is 2.29. The molecule has 1 aliphatic heterocycles. The second kappa shape index (κ2) is 4.85. The third kappa shape index (κ3) is 2.81. The largest absolute Gasteiger partial charge is 0.416 e.